The molecule has 19 heavy (non-hydrogen) atoms. The number of halogens is 2. The highest BCUT2D eigenvalue weighted by Gasteiger charge is 2.29. The molecule has 1 aliphatic rings. The van der Waals surface area contributed by atoms with E-state index in [1.54, 1.807) is 6.07 Å². The third-order valence-electron chi connectivity index (χ3n) is 3.31. The lowest BCUT2D eigenvalue weighted by Crippen LogP contribution is -2.57. The van der Waals surface area contributed by atoms with Crippen molar-refractivity contribution < 1.29 is 0 Å². The fourth-order valence-corrected chi connectivity index (χ4v) is 3.72. The van der Waals surface area contributed by atoms with Crippen molar-refractivity contribution in [3.05, 3.63) is 16.1 Å². The number of rotatable bonds is 1. The van der Waals surface area contributed by atoms with Crippen molar-refractivity contribution >= 4 is 51.7 Å². The number of benzene rings is 1. The van der Waals surface area contributed by atoms with Crippen molar-refractivity contribution in [3.8, 4) is 0 Å². The van der Waals surface area contributed by atoms with Crippen molar-refractivity contribution in [2.45, 2.75) is 19.4 Å². The number of nitrogens with one attached hydrogen (secondary N) is 1. The fourth-order valence-electron chi connectivity index (χ4n) is 2.49. The van der Waals surface area contributed by atoms with E-state index in [4.69, 9.17) is 23.2 Å². The fraction of sp³-hybridized carbons (Fsp3) is 0.500. The minimum Gasteiger partial charge on any atom is -0.365 e. The standard InChI is InChI=1S/C12H14Cl2N4S/c1-12(2)6-18(4-3-15-12)11-8(14)5-7(13)9-10(11)17-19-16-9/h5,15H,3-4,6H2,1-2H3. The molecular formula is C12H14Cl2N4S. The van der Waals surface area contributed by atoms with Gasteiger partial charge in [-0.25, -0.2) is 0 Å². The molecule has 1 aromatic carbocycles. The van der Waals surface area contributed by atoms with Crippen LogP contribution in [0.1, 0.15) is 13.8 Å². The van der Waals surface area contributed by atoms with E-state index in [0.717, 1.165) is 36.4 Å². The van der Waals surface area contributed by atoms with Crippen LogP contribution < -0.4 is 10.2 Å². The summed E-state index contributed by atoms with van der Waals surface area (Å²) >= 11 is 13.7. The zero-order valence-electron chi connectivity index (χ0n) is 10.7. The summed E-state index contributed by atoms with van der Waals surface area (Å²) in [5, 5.41) is 4.69. The summed E-state index contributed by atoms with van der Waals surface area (Å²) in [7, 11) is 0. The molecule has 1 aliphatic heterocycles. The smallest absolute Gasteiger partial charge is 0.131 e. The predicted molar refractivity (Wildman–Crippen MR) is 81.7 cm³/mol. The van der Waals surface area contributed by atoms with Gasteiger partial charge in [0.05, 0.1) is 27.5 Å². The van der Waals surface area contributed by atoms with E-state index in [-0.39, 0.29) is 5.54 Å². The Labute approximate surface area is 126 Å². The summed E-state index contributed by atoms with van der Waals surface area (Å²) in [4.78, 5) is 2.26. The monoisotopic (exact) mass is 316 g/mol. The van der Waals surface area contributed by atoms with Gasteiger partial charge in [0.15, 0.2) is 0 Å². The van der Waals surface area contributed by atoms with Crippen molar-refractivity contribution in [2.24, 2.45) is 0 Å². The summed E-state index contributed by atoms with van der Waals surface area (Å²) in [5.74, 6) is 0. The molecule has 1 aromatic heterocycles. The minimum absolute atomic E-state index is 0.0526. The molecule has 1 N–H and O–H groups in total. The molecular weight excluding hydrogens is 303 g/mol. The zero-order valence-corrected chi connectivity index (χ0v) is 13.0. The molecule has 0 unspecified atom stereocenters. The molecule has 102 valence electrons. The van der Waals surface area contributed by atoms with Crippen LogP contribution in [-0.2, 0) is 0 Å². The first-order valence-corrected chi connectivity index (χ1v) is 7.57. The molecule has 0 radical (unpaired) electrons. The summed E-state index contributed by atoms with van der Waals surface area (Å²) in [6, 6.07) is 1.76. The molecule has 7 heteroatoms. The molecule has 2 heterocycles. The molecule has 0 bridgehead atoms. The SMILES string of the molecule is CC1(C)CN(c2c(Cl)cc(Cl)c3nsnc23)CCN1. The number of anilines is 1. The van der Waals surface area contributed by atoms with E-state index < -0.39 is 0 Å². The molecule has 1 fully saturated rings. The molecule has 0 aliphatic carbocycles. The Morgan fingerprint density at radius 1 is 1.26 bits per heavy atom. The minimum atomic E-state index is 0.0526. The summed E-state index contributed by atoms with van der Waals surface area (Å²) in [5.41, 5.74) is 2.55. The second-order valence-electron chi connectivity index (χ2n) is 5.38. The Morgan fingerprint density at radius 2 is 2.00 bits per heavy atom. The first-order chi connectivity index (χ1) is 8.98. The summed E-state index contributed by atoms with van der Waals surface area (Å²) < 4.78 is 8.61. The van der Waals surface area contributed by atoms with Crippen LogP contribution in [0.15, 0.2) is 6.07 Å². The van der Waals surface area contributed by atoms with Gasteiger partial charge in [-0.2, -0.15) is 8.75 Å². The van der Waals surface area contributed by atoms with Crippen LogP contribution in [0.2, 0.25) is 10.0 Å². The zero-order chi connectivity index (χ0) is 13.6. The number of hydrogen-bond acceptors (Lipinski definition) is 5. The Balaban J connectivity index is 2.12. The molecule has 0 saturated carbocycles. The van der Waals surface area contributed by atoms with E-state index in [2.05, 4.69) is 32.8 Å². The van der Waals surface area contributed by atoms with Crippen LogP contribution in [0.4, 0.5) is 5.69 Å². The lowest BCUT2D eigenvalue weighted by atomic mass is 10.0. The highest BCUT2D eigenvalue weighted by Crippen LogP contribution is 2.38. The highest BCUT2D eigenvalue weighted by molar-refractivity contribution is 7.00. The van der Waals surface area contributed by atoms with Crippen LogP contribution >= 0.6 is 34.9 Å². The van der Waals surface area contributed by atoms with Gasteiger partial charge in [0, 0.05) is 25.2 Å². The number of nitrogens with zero attached hydrogens (tertiary/aromatic N) is 3. The van der Waals surface area contributed by atoms with E-state index in [1.165, 1.54) is 11.7 Å². The molecule has 1 saturated heterocycles. The second-order valence-corrected chi connectivity index (χ2v) is 6.73. The van der Waals surface area contributed by atoms with Crippen LogP contribution in [0.3, 0.4) is 0 Å². The normalized spacial score (nSPS) is 19.1. The summed E-state index contributed by atoms with van der Waals surface area (Å²) in [6.45, 7) is 7.06. The van der Waals surface area contributed by atoms with Gasteiger partial charge in [0.1, 0.15) is 11.0 Å². The number of hydrogen-bond donors (Lipinski definition) is 1. The van der Waals surface area contributed by atoms with Crippen molar-refractivity contribution in [3.63, 3.8) is 0 Å². The molecule has 4 nitrogen and oxygen atoms in total. The van der Waals surface area contributed by atoms with Crippen LogP contribution in [0.25, 0.3) is 11.0 Å². The van der Waals surface area contributed by atoms with Crippen molar-refractivity contribution in [2.75, 3.05) is 24.5 Å². The largest absolute Gasteiger partial charge is 0.365 e. The maximum absolute atomic E-state index is 6.38. The van der Waals surface area contributed by atoms with Gasteiger partial charge < -0.3 is 10.2 Å². The Morgan fingerprint density at radius 3 is 2.74 bits per heavy atom. The maximum atomic E-state index is 6.38. The van der Waals surface area contributed by atoms with Gasteiger partial charge in [-0.1, -0.05) is 23.2 Å². The summed E-state index contributed by atoms with van der Waals surface area (Å²) in [6.07, 6.45) is 0. The van der Waals surface area contributed by atoms with E-state index in [9.17, 15) is 0 Å². The quantitative estimate of drug-likeness (QED) is 0.877. The first kappa shape index (κ1) is 13.4. The molecule has 0 atom stereocenters. The average molecular weight is 317 g/mol. The van der Waals surface area contributed by atoms with Gasteiger partial charge in [0.25, 0.3) is 0 Å². The van der Waals surface area contributed by atoms with Crippen molar-refractivity contribution in [1.82, 2.24) is 14.1 Å². The molecule has 2 aromatic rings. The molecule has 3 rings (SSSR count). The molecule has 0 amide bonds. The third kappa shape index (κ3) is 2.40. The molecule has 0 spiro atoms. The maximum Gasteiger partial charge on any atom is 0.131 e. The van der Waals surface area contributed by atoms with Crippen LogP contribution in [-0.4, -0.2) is 33.9 Å². The second kappa shape index (κ2) is 4.74. The van der Waals surface area contributed by atoms with Crippen molar-refractivity contribution in [1.29, 1.82) is 0 Å². The number of fused-ring (bicyclic) bond motifs is 1. The lowest BCUT2D eigenvalue weighted by Gasteiger charge is -2.40. The lowest BCUT2D eigenvalue weighted by molar-refractivity contribution is 0.353. The Hall–Kier alpha value is -0.620. The van der Waals surface area contributed by atoms with Gasteiger partial charge in [-0.15, -0.1) is 0 Å². The van der Waals surface area contributed by atoms with Gasteiger partial charge in [-0.3, -0.25) is 0 Å². The van der Waals surface area contributed by atoms with Gasteiger partial charge in [-0.05, 0) is 19.9 Å². The van der Waals surface area contributed by atoms with Gasteiger partial charge in [0.2, 0.25) is 0 Å². The Bertz CT molecular complexity index is 625. The highest BCUT2D eigenvalue weighted by atomic mass is 35.5. The van der Waals surface area contributed by atoms with Gasteiger partial charge >= 0.3 is 0 Å². The van der Waals surface area contributed by atoms with E-state index in [1.807, 2.05) is 0 Å². The van der Waals surface area contributed by atoms with Crippen LogP contribution in [0, 0.1) is 0 Å². The Kier molecular flexibility index (Phi) is 3.33. The number of aromatic nitrogens is 2. The topological polar surface area (TPSA) is 41.1 Å². The van der Waals surface area contributed by atoms with E-state index in [0.29, 0.717) is 10.0 Å². The third-order valence-corrected chi connectivity index (χ3v) is 4.41. The number of piperazine rings is 1. The van der Waals surface area contributed by atoms with E-state index >= 15 is 0 Å². The van der Waals surface area contributed by atoms with Crippen LogP contribution in [0.5, 0.6) is 0 Å². The predicted octanol–water partition coefficient (Wildman–Crippen LogP) is 3.19. The average Bonchev–Trinajstić information content (AvgIpc) is 2.76. The first-order valence-electron chi connectivity index (χ1n) is 6.08.